The molecule has 154 valence electrons. The van der Waals surface area contributed by atoms with Gasteiger partial charge in [-0.15, -0.1) is 0 Å². The van der Waals surface area contributed by atoms with Crippen LogP contribution in [0.2, 0.25) is 0 Å². The van der Waals surface area contributed by atoms with Gasteiger partial charge in [-0.25, -0.2) is 15.0 Å². The van der Waals surface area contributed by atoms with Gasteiger partial charge in [0.15, 0.2) is 5.82 Å². The van der Waals surface area contributed by atoms with Crippen molar-refractivity contribution >= 4 is 17.7 Å². The predicted molar refractivity (Wildman–Crippen MR) is 113 cm³/mol. The molecule has 1 fully saturated rings. The third-order valence-electron chi connectivity index (χ3n) is 5.23. The van der Waals surface area contributed by atoms with Gasteiger partial charge in [0.05, 0.1) is 19.0 Å². The Morgan fingerprint density at radius 1 is 1.17 bits per heavy atom. The number of anilines is 2. The van der Waals surface area contributed by atoms with Crippen molar-refractivity contribution in [2.45, 2.75) is 25.2 Å². The van der Waals surface area contributed by atoms with E-state index in [-0.39, 0.29) is 11.8 Å². The molecule has 0 bridgehead atoms. The quantitative estimate of drug-likeness (QED) is 0.647. The molecule has 4 rings (SSSR count). The number of carbonyl (C=O) groups excluding carboxylic acids is 1. The Bertz CT molecular complexity index is 980. The molecule has 0 saturated carbocycles. The summed E-state index contributed by atoms with van der Waals surface area (Å²) in [6.07, 6.45) is 8.70. The summed E-state index contributed by atoms with van der Waals surface area (Å²) in [6, 6.07) is 9.77. The van der Waals surface area contributed by atoms with E-state index in [1.54, 1.807) is 31.9 Å². The predicted octanol–water partition coefficient (Wildman–Crippen LogP) is 2.97. The lowest BCUT2D eigenvalue weighted by Gasteiger charge is -2.17. The van der Waals surface area contributed by atoms with Crippen LogP contribution in [-0.2, 0) is 11.2 Å². The van der Waals surface area contributed by atoms with Gasteiger partial charge in [-0.3, -0.25) is 9.78 Å². The van der Waals surface area contributed by atoms with Crippen LogP contribution in [0.5, 0.6) is 5.75 Å². The van der Waals surface area contributed by atoms with Gasteiger partial charge in [0, 0.05) is 44.0 Å². The Balaban J connectivity index is 1.32. The number of likely N-dealkylation sites (tertiary alicyclic amines) is 1. The molecule has 1 atom stereocenters. The lowest BCUT2D eigenvalue weighted by Crippen LogP contribution is -2.28. The highest BCUT2D eigenvalue weighted by Gasteiger charge is 2.28. The summed E-state index contributed by atoms with van der Waals surface area (Å²) in [7, 11) is 1.65. The van der Waals surface area contributed by atoms with Crippen LogP contribution in [0.15, 0.2) is 55.1 Å². The van der Waals surface area contributed by atoms with Gasteiger partial charge in [0.2, 0.25) is 11.9 Å². The van der Waals surface area contributed by atoms with Gasteiger partial charge in [0.1, 0.15) is 5.75 Å². The molecule has 1 aliphatic rings. The van der Waals surface area contributed by atoms with Gasteiger partial charge >= 0.3 is 0 Å². The lowest BCUT2D eigenvalue weighted by atomic mass is 10.1. The fourth-order valence-corrected chi connectivity index (χ4v) is 3.57. The first kappa shape index (κ1) is 19.8. The van der Waals surface area contributed by atoms with Crippen molar-refractivity contribution in [3.63, 3.8) is 0 Å². The number of methoxy groups -OCH3 is 1. The van der Waals surface area contributed by atoms with E-state index in [9.17, 15) is 4.79 Å². The zero-order chi connectivity index (χ0) is 20.8. The van der Waals surface area contributed by atoms with E-state index in [0.29, 0.717) is 24.7 Å². The van der Waals surface area contributed by atoms with E-state index < -0.39 is 0 Å². The smallest absolute Gasteiger partial charge is 0.228 e. The first-order valence-electron chi connectivity index (χ1n) is 9.98. The van der Waals surface area contributed by atoms with Gasteiger partial charge < -0.3 is 15.0 Å². The van der Waals surface area contributed by atoms with E-state index in [2.05, 4.69) is 25.3 Å². The second kappa shape index (κ2) is 9.30. The monoisotopic (exact) mass is 404 g/mol. The third kappa shape index (κ3) is 4.89. The Morgan fingerprint density at radius 3 is 2.80 bits per heavy atom. The minimum absolute atomic E-state index is 0.181. The molecule has 8 nitrogen and oxygen atoms in total. The number of amides is 1. The second-order valence-corrected chi connectivity index (χ2v) is 7.19. The first-order valence-corrected chi connectivity index (χ1v) is 9.98. The van der Waals surface area contributed by atoms with Crippen molar-refractivity contribution in [2.24, 2.45) is 0 Å². The van der Waals surface area contributed by atoms with Crippen molar-refractivity contribution in [1.29, 1.82) is 0 Å². The Kier molecular flexibility index (Phi) is 6.12. The summed E-state index contributed by atoms with van der Waals surface area (Å²) in [5, 5.41) is 3.06. The summed E-state index contributed by atoms with van der Waals surface area (Å²) in [6.45, 7) is 1.44. The third-order valence-corrected chi connectivity index (χ3v) is 5.23. The van der Waals surface area contributed by atoms with Crippen molar-refractivity contribution in [1.82, 2.24) is 24.8 Å². The van der Waals surface area contributed by atoms with Gasteiger partial charge in [-0.2, -0.15) is 0 Å². The van der Waals surface area contributed by atoms with Crippen molar-refractivity contribution < 1.29 is 9.53 Å². The molecule has 30 heavy (non-hydrogen) atoms. The fourth-order valence-electron chi connectivity index (χ4n) is 3.57. The number of carbonyl (C=O) groups is 1. The highest BCUT2D eigenvalue weighted by atomic mass is 16.5. The zero-order valence-electron chi connectivity index (χ0n) is 16.9. The molecule has 8 heteroatoms. The number of aromatic nitrogens is 4. The van der Waals surface area contributed by atoms with Crippen LogP contribution in [0.3, 0.4) is 0 Å². The average molecular weight is 404 g/mol. The van der Waals surface area contributed by atoms with E-state index >= 15 is 0 Å². The van der Waals surface area contributed by atoms with Crippen LogP contribution in [0.1, 0.15) is 30.0 Å². The van der Waals surface area contributed by atoms with Crippen LogP contribution < -0.4 is 10.1 Å². The molecule has 0 aliphatic carbocycles. The van der Waals surface area contributed by atoms with E-state index in [1.807, 2.05) is 35.2 Å². The molecule has 3 aromatic rings. The van der Waals surface area contributed by atoms with Crippen molar-refractivity contribution in [2.75, 3.05) is 25.5 Å². The van der Waals surface area contributed by atoms with Crippen LogP contribution >= 0.6 is 0 Å². The Labute approximate surface area is 175 Å². The van der Waals surface area contributed by atoms with Crippen molar-refractivity contribution in [3.05, 3.63) is 66.4 Å². The van der Waals surface area contributed by atoms with Crippen LogP contribution in [0.4, 0.5) is 11.8 Å². The maximum atomic E-state index is 12.7. The molecule has 1 aliphatic heterocycles. The van der Waals surface area contributed by atoms with Crippen LogP contribution in [0, 0.1) is 0 Å². The van der Waals surface area contributed by atoms with E-state index in [1.165, 1.54) is 0 Å². The topological polar surface area (TPSA) is 93.1 Å². The Hall–Kier alpha value is -3.55. The molecule has 3 heterocycles. The van der Waals surface area contributed by atoms with E-state index in [0.717, 1.165) is 36.4 Å². The number of nitrogens with one attached hydrogen (secondary N) is 1. The molecule has 1 saturated heterocycles. The average Bonchev–Trinajstić information content (AvgIpc) is 3.29. The number of nitrogens with zero attached hydrogens (tertiary/aromatic N) is 5. The lowest BCUT2D eigenvalue weighted by molar-refractivity contribution is -0.130. The van der Waals surface area contributed by atoms with Crippen LogP contribution in [0.25, 0.3) is 0 Å². The number of ether oxygens (including phenoxy) is 1. The van der Waals surface area contributed by atoms with Gasteiger partial charge in [-0.1, -0.05) is 12.1 Å². The number of benzene rings is 1. The molecular weight excluding hydrogens is 380 g/mol. The molecule has 1 amide bonds. The van der Waals surface area contributed by atoms with Gasteiger partial charge in [0.25, 0.3) is 0 Å². The SMILES string of the molecule is COc1ccc(CCC(=O)N2CC[C@@H](c3ccnc(Nc4cnccn4)n3)C2)cc1. The number of aryl methyl sites for hydroxylation is 1. The molecule has 1 aromatic carbocycles. The molecule has 0 unspecified atom stereocenters. The maximum absolute atomic E-state index is 12.7. The highest BCUT2D eigenvalue weighted by molar-refractivity contribution is 5.76. The number of hydrogen-bond donors (Lipinski definition) is 1. The highest BCUT2D eigenvalue weighted by Crippen LogP contribution is 2.27. The molecular formula is C22H24N6O2. The van der Waals surface area contributed by atoms with Crippen LogP contribution in [-0.4, -0.2) is 50.9 Å². The summed E-state index contributed by atoms with van der Waals surface area (Å²) in [5.41, 5.74) is 2.07. The molecule has 0 spiro atoms. The maximum Gasteiger partial charge on any atom is 0.228 e. The summed E-state index contributed by atoms with van der Waals surface area (Å²) in [5.74, 6) is 2.29. The largest absolute Gasteiger partial charge is 0.497 e. The number of rotatable bonds is 7. The molecule has 0 radical (unpaired) electrons. The summed E-state index contributed by atoms with van der Waals surface area (Å²) in [4.78, 5) is 31.7. The summed E-state index contributed by atoms with van der Waals surface area (Å²) < 4.78 is 5.17. The fraction of sp³-hybridized carbons (Fsp3) is 0.318. The van der Waals surface area contributed by atoms with Gasteiger partial charge in [-0.05, 0) is 36.6 Å². The molecule has 2 aromatic heterocycles. The normalized spacial score (nSPS) is 15.8. The number of hydrogen-bond acceptors (Lipinski definition) is 7. The minimum Gasteiger partial charge on any atom is -0.497 e. The zero-order valence-corrected chi connectivity index (χ0v) is 16.9. The summed E-state index contributed by atoms with van der Waals surface area (Å²) >= 11 is 0. The van der Waals surface area contributed by atoms with Crippen molar-refractivity contribution in [3.8, 4) is 5.75 Å². The first-order chi connectivity index (χ1) is 14.7. The minimum atomic E-state index is 0.181. The van der Waals surface area contributed by atoms with E-state index in [4.69, 9.17) is 4.74 Å². The standard InChI is InChI=1S/C22H24N6O2/c1-30-18-5-2-16(3-6-18)4-7-21(29)28-13-9-17(15-28)19-8-10-25-22(26-19)27-20-14-23-11-12-24-20/h2-3,5-6,8,10-12,14,17H,4,7,9,13,15H2,1H3,(H,24,25,26,27)/t17-/m1/s1. The molecule has 1 N–H and O–H groups in total. The second-order valence-electron chi connectivity index (χ2n) is 7.19. The Morgan fingerprint density at radius 2 is 2.03 bits per heavy atom.